The summed E-state index contributed by atoms with van der Waals surface area (Å²) < 4.78 is 1.73. The molecule has 0 atom stereocenters. The molecule has 0 spiro atoms. The van der Waals surface area contributed by atoms with Gasteiger partial charge in [0.2, 0.25) is 5.28 Å². The molecule has 0 amide bonds. The summed E-state index contributed by atoms with van der Waals surface area (Å²) in [4.78, 5) is 7.75. The van der Waals surface area contributed by atoms with Crippen LogP contribution in [0.5, 0.6) is 0 Å². The number of nitrogens with one attached hydrogen (secondary N) is 1. The number of nitrogens with zero attached hydrogens (tertiary/aromatic N) is 4. The summed E-state index contributed by atoms with van der Waals surface area (Å²) in [7, 11) is 1.86. The number of hydrogen-bond acceptors (Lipinski definition) is 5. The van der Waals surface area contributed by atoms with Gasteiger partial charge in [0.1, 0.15) is 0 Å². The van der Waals surface area contributed by atoms with Crippen molar-refractivity contribution in [3.05, 3.63) is 29.4 Å². The molecule has 0 fully saturated rings. The van der Waals surface area contributed by atoms with Gasteiger partial charge < -0.3 is 11.1 Å². The van der Waals surface area contributed by atoms with E-state index in [1.54, 1.807) is 4.68 Å². The third kappa shape index (κ3) is 2.40. The average Bonchev–Trinajstić information content (AvgIpc) is 2.66. The Morgan fingerprint density at radius 1 is 1.56 bits per heavy atom. The van der Waals surface area contributed by atoms with Crippen molar-refractivity contribution >= 4 is 23.1 Å². The van der Waals surface area contributed by atoms with E-state index in [1.807, 2.05) is 19.3 Å². The lowest BCUT2D eigenvalue weighted by atomic mass is 10.4. The van der Waals surface area contributed by atoms with Crippen molar-refractivity contribution in [1.82, 2.24) is 19.7 Å². The molecule has 0 aliphatic carbocycles. The van der Waals surface area contributed by atoms with E-state index in [1.165, 1.54) is 6.20 Å². The summed E-state index contributed by atoms with van der Waals surface area (Å²) in [6, 6.07) is 1.91. The van der Waals surface area contributed by atoms with Crippen molar-refractivity contribution in [2.75, 3.05) is 11.1 Å². The molecule has 84 valence electrons. The molecule has 2 aromatic heterocycles. The Kier molecular flexibility index (Phi) is 2.91. The van der Waals surface area contributed by atoms with Gasteiger partial charge in [0, 0.05) is 13.2 Å². The van der Waals surface area contributed by atoms with E-state index in [0.717, 1.165) is 5.69 Å². The summed E-state index contributed by atoms with van der Waals surface area (Å²) in [6.45, 7) is 0.540. The molecular formula is C9H11ClN6. The molecule has 0 aliphatic heterocycles. The lowest BCUT2D eigenvalue weighted by Crippen LogP contribution is -2.06. The third-order valence-electron chi connectivity index (χ3n) is 1.99. The molecule has 2 aromatic rings. The van der Waals surface area contributed by atoms with E-state index in [-0.39, 0.29) is 5.28 Å². The zero-order chi connectivity index (χ0) is 11.5. The minimum absolute atomic E-state index is 0.165. The van der Waals surface area contributed by atoms with Crippen LogP contribution in [0.4, 0.5) is 11.5 Å². The van der Waals surface area contributed by atoms with Crippen molar-refractivity contribution < 1.29 is 0 Å². The van der Waals surface area contributed by atoms with Gasteiger partial charge >= 0.3 is 0 Å². The highest BCUT2D eigenvalue weighted by Gasteiger charge is 2.03. The molecular weight excluding hydrogens is 228 g/mol. The predicted molar refractivity (Wildman–Crippen MR) is 62.0 cm³/mol. The van der Waals surface area contributed by atoms with Gasteiger partial charge in [-0.25, -0.2) is 4.98 Å². The Labute approximate surface area is 97.5 Å². The highest BCUT2D eigenvalue weighted by Crippen LogP contribution is 2.16. The number of nitrogen functional groups attached to an aromatic ring is 1. The predicted octanol–water partition coefficient (Wildman–Crippen LogP) is 1.06. The summed E-state index contributed by atoms with van der Waals surface area (Å²) >= 11 is 5.67. The van der Waals surface area contributed by atoms with Gasteiger partial charge in [-0.3, -0.25) is 4.68 Å². The van der Waals surface area contributed by atoms with Crippen LogP contribution in [-0.4, -0.2) is 19.7 Å². The topological polar surface area (TPSA) is 81.7 Å². The smallest absolute Gasteiger partial charge is 0.224 e. The zero-order valence-corrected chi connectivity index (χ0v) is 9.44. The maximum absolute atomic E-state index is 5.69. The number of hydrogen-bond donors (Lipinski definition) is 2. The minimum Gasteiger partial charge on any atom is -0.394 e. The molecule has 2 heterocycles. The van der Waals surface area contributed by atoms with E-state index >= 15 is 0 Å². The molecule has 3 N–H and O–H groups in total. The second kappa shape index (κ2) is 4.36. The molecule has 0 aliphatic rings. The van der Waals surface area contributed by atoms with Gasteiger partial charge in [-0.05, 0) is 17.7 Å². The van der Waals surface area contributed by atoms with Crippen LogP contribution in [0.15, 0.2) is 18.5 Å². The lowest BCUT2D eigenvalue weighted by Gasteiger charge is -2.06. The van der Waals surface area contributed by atoms with Crippen LogP contribution in [0, 0.1) is 0 Å². The quantitative estimate of drug-likeness (QED) is 0.782. The molecule has 0 radical (unpaired) electrons. The van der Waals surface area contributed by atoms with Crippen molar-refractivity contribution in [3.8, 4) is 0 Å². The summed E-state index contributed by atoms with van der Waals surface area (Å²) in [6.07, 6.45) is 3.34. The van der Waals surface area contributed by atoms with Gasteiger partial charge in [0.15, 0.2) is 5.82 Å². The van der Waals surface area contributed by atoms with Crippen LogP contribution in [-0.2, 0) is 13.6 Å². The van der Waals surface area contributed by atoms with Crippen LogP contribution in [0.2, 0.25) is 5.28 Å². The highest BCUT2D eigenvalue weighted by molar-refractivity contribution is 6.28. The molecule has 0 aromatic carbocycles. The molecule has 0 saturated heterocycles. The molecule has 6 nitrogen and oxygen atoms in total. The Bertz CT molecular complexity index is 494. The molecule has 0 saturated carbocycles. The van der Waals surface area contributed by atoms with Gasteiger partial charge in [-0.15, -0.1) is 0 Å². The van der Waals surface area contributed by atoms with E-state index < -0.39 is 0 Å². The normalized spacial score (nSPS) is 10.4. The Morgan fingerprint density at radius 2 is 2.38 bits per heavy atom. The van der Waals surface area contributed by atoms with Crippen molar-refractivity contribution in [2.24, 2.45) is 7.05 Å². The Balaban J connectivity index is 2.07. The molecule has 16 heavy (non-hydrogen) atoms. The van der Waals surface area contributed by atoms with Crippen molar-refractivity contribution in [2.45, 2.75) is 6.54 Å². The SMILES string of the molecule is Cn1ccc(CNc2nc(Cl)ncc2N)n1. The molecule has 0 bridgehead atoms. The van der Waals surface area contributed by atoms with Crippen molar-refractivity contribution in [3.63, 3.8) is 0 Å². The monoisotopic (exact) mass is 238 g/mol. The first-order valence-electron chi connectivity index (χ1n) is 4.65. The average molecular weight is 239 g/mol. The molecule has 7 heteroatoms. The minimum atomic E-state index is 0.165. The number of aryl methyl sites for hydroxylation is 1. The second-order valence-corrected chi connectivity index (χ2v) is 3.62. The van der Waals surface area contributed by atoms with E-state index in [4.69, 9.17) is 17.3 Å². The first-order chi connectivity index (χ1) is 7.65. The van der Waals surface area contributed by atoms with Crippen molar-refractivity contribution in [1.29, 1.82) is 0 Å². The summed E-state index contributed by atoms with van der Waals surface area (Å²) in [5, 5.41) is 7.43. The summed E-state index contributed by atoms with van der Waals surface area (Å²) in [5.74, 6) is 0.519. The Morgan fingerprint density at radius 3 is 3.06 bits per heavy atom. The van der Waals surface area contributed by atoms with Gasteiger partial charge in [-0.1, -0.05) is 0 Å². The lowest BCUT2D eigenvalue weighted by molar-refractivity contribution is 0.747. The molecule has 2 rings (SSSR count). The number of nitrogens with two attached hydrogens (primary N) is 1. The van der Waals surface area contributed by atoms with Crippen LogP contribution in [0.3, 0.4) is 0 Å². The van der Waals surface area contributed by atoms with Gasteiger partial charge in [-0.2, -0.15) is 10.1 Å². The third-order valence-corrected chi connectivity index (χ3v) is 2.18. The van der Waals surface area contributed by atoms with Crippen LogP contribution >= 0.6 is 11.6 Å². The van der Waals surface area contributed by atoms with Crippen LogP contribution in [0.25, 0.3) is 0 Å². The van der Waals surface area contributed by atoms with E-state index in [9.17, 15) is 0 Å². The van der Waals surface area contributed by atoms with Crippen LogP contribution < -0.4 is 11.1 Å². The number of rotatable bonds is 3. The van der Waals surface area contributed by atoms with Gasteiger partial charge in [0.25, 0.3) is 0 Å². The fourth-order valence-electron chi connectivity index (χ4n) is 1.24. The van der Waals surface area contributed by atoms with E-state index in [0.29, 0.717) is 18.1 Å². The maximum atomic E-state index is 5.69. The first kappa shape index (κ1) is 10.7. The number of aromatic nitrogens is 4. The fourth-order valence-corrected chi connectivity index (χ4v) is 1.38. The fraction of sp³-hybridized carbons (Fsp3) is 0.222. The van der Waals surface area contributed by atoms with Gasteiger partial charge in [0.05, 0.1) is 24.1 Å². The van der Waals surface area contributed by atoms with E-state index in [2.05, 4.69) is 20.4 Å². The van der Waals surface area contributed by atoms with Crippen LogP contribution in [0.1, 0.15) is 5.69 Å². The Hall–Kier alpha value is -1.82. The molecule has 0 unspecified atom stereocenters. The second-order valence-electron chi connectivity index (χ2n) is 3.28. The maximum Gasteiger partial charge on any atom is 0.224 e. The summed E-state index contributed by atoms with van der Waals surface area (Å²) in [5.41, 5.74) is 7.05. The number of anilines is 2. The highest BCUT2D eigenvalue weighted by atomic mass is 35.5. The standard InChI is InChI=1S/C9H11ClN6/c1-16-3-2-6(15-16)4-12-8-7(11)5-13-9(10)14-8/h2-3,5H,4,11H2,1H3,(H,12,13,14). The zero-order valence-electron chi connectivity index (χ0n) is 8.68. The first-order valence-corrected chi connectivity index (χ1v) is 5.03. The number of halogens is 1. The largest absolute Gasteiger partial charge is 0.394 e.